The van der Waals surface area contributed by atoms with Crippen LogP contribution in [0.5, 0.6) is 5.75 Å². The van der Waals surface area contributed by atoms with E-state index in [1.54, 1.807) is 7.11 Å². The van der Waals surface area contributed by atoms with E-state index in [2.05, 4.69) is 10.2 Å². The van der Waals surface area contributed by atoms with Crippen molar-refractivity contribution in [3.05, 3.63) is 65.2 Å². The molecule has 0 saturated carbocycles. The Labute approximate surface area is 138 Å². The van der Waals surface area contributed by atoms with Crippen LogP contribution in [0.2, 0.25) is 0 Å². The van der Waals surface area contributed by atoms with Gasteiger partial charge < -0.3 is 15.0 Å². The van der Waals surface area contributed by atoms with E-state index in [-0.39, 0.29) is 11.9 Å². The number of methoxy groups -OCH3 is 1. The minimum absolute atomic E-state index is 0.0385. The zero-order valence-corrected chi connectivity index (χ0v) is 14.2. The Bertz CT molecular complexity index is 651. The lowest BCUT2D eigenvalue weighted by Crippen LogP contribution is -2.34. The summed E-state index contributed by atoms with van der Waals surface area (Å²) < 4.78 is 5.20. The molecule has 2 aromatic carbocycles. The van der Waals surface area contributed by atoms with Crippen molar-refractivity contribution in [1.82, 2.24) is 10.2 Å². The van der Waals surface area contributed by atoms with Crippen LogP contribution in [0.3, 0.4) is 0 Å². The summed E-state index contributed by atoms with van der Waals surface area (Å²) in [4.78, 5) is 14.5. The summed E-state index contributed by atoms with van der Waals surface area (Å²) in [6.45, 7) is 2.49. The van der Waals surface area contributed by atoms with Gasteiger partial charge in [0, 0.05) is 12.1 Å². The summed E-state index contributed by atoms with van der Waals surface area (Å²) in [6, 6.07) is 15.7. The Kier molecular flexibility index (Phi) is 5.77. The van der Waals surface area contributed by atoms with Crippen LogP contribution >= 0.6 is 0 Å². The fraction of sp³-hybridized carbons (Fsp3) is 0.316. The highest BCUT2D eigenvalue weighted by Crippen LogP contribution is 2.21. The van der Waals surface area contributed by atoms with Crippen molar-refractivity contribution in [1.29, 1.82) is 0 Å². The number of carbonyl (C=O) groups excluding carboxylic acids is 1. The third-order valence-electron chi connectivity index (χ3n) is 3.97. The second kappa shape index (κ2) is 7.79. The molecule has 1 N–H and O–H groups in total. The normalized spacial score (nSPS) is 12.0. The highest BCUT2D eigenvalue weighted by atomic mass is 16.5. The number of amides is 1. The first-order chi connectivity index (χ1) is 11.0. The van der Waals surface area contributed by atoms with Gasteiger partial charge in [-0.2, -0.15) is 0 Å². The predicted molar refractivity (Wildman–Crippen MR) is 92.9 cm³/mol. The van der Waals surface area contributed by atoms with Gasteiger partial charge in [-0.1, -0.05) is 30.3 Å². The summed E-state index contributed by atoms with van der Waals surface area (Å²) in [5.41, 5.74) is 2.84. The lowest BCUT2D eigenvalue weighted by Gasteiger charge is -2.25. The molecule has 0 fully saturated rings. The maximum atomic E-state index is 12.4. The molecule has 0 saturated heterocycles. The molecule has 0 spiro atoms. The molecule has 0 radical (unpaired) electrons. The van der Waals surface area contributed by atoms with E-state index in [4.69, 9.17) is 4.74 Å². The Morgan fingerprint density at radius 3 is 2.35 bits per heavy atom. The van der Waals surface area contributed by atoms with Crippen LogP contribution in [0, 0.1) is 6.92 Å². The molecule has 0 heterocycles. The van der Waals surface area contributed by atoms with Gasteiger partial charge in [-0.15, -0.1) is 0 Å². The number of ether oxygens (including phenoxy) is 1. The number of hydrogen-bond donors (Lipinski definition) is 1. The van der Waals surface area contributed by atoms with Crippen molar-refractivity contribution in [3.63, 3.8) is 0 Å². The molecule has 2 aromatic rings. The zero-order chi connectivity index (χ0) is 16.8. The van der Waals surface area contributed by atoms with Crippen LogP contribution in [0.4, 0.5) is 0 Å². The third-order valence-corrected chi connectivity index (χ3v) is 3.97. The highest BCUT2D eigenvalue weighted by molar-refractivity contribution is 5.95. The minimum Gasteiger partial charge on any atom is -0.497 e. The van der Waals surface area contributed by atoms with Crippen molar-refractivity contribution in [2.24, 2.45) is 0 Å². The SMILES string of the molecule is COc1ccc(C(CNC(=O)c2ccccc2C)N(C)C)cc1. The van der Waals surface area contributed by atoms with Crippen LogP contribution in [-0.2, 0) is 0 Å². The van der Waals surface area contributed by atoms with E-state index in [9.17, 15) is 4.79 Å². The molecule has 23 heavy (non-hydrogen) atoms. The van der Waals surface area contributed by atoms with Crippen LogP contribution in [0.1, 0.15) is 27.5 Å². The molecule has 0 aromatic heterocycles. The molecule has 4 heteroatoms. The van der Waals surface area contributed by atoms with E-state index in [0.29, 0.717) is 6.54 Å². The van der Waals surface area contributed by atoms with Gasteiger partial charge in [-0.3, -0.25) is 4.79 Å². The molecule has 122 valence electrons. The maximum absolute atomic E-state index is 12.4. The Hall–Kier alpha value is -2.33. The van der Waals surface area contributed by atoms with Crippen LogP contribution in [0.15, 0.2) is 48.5 Å². The smallest absolute Gasteiger partial charge is 0.251 e. The van der Waals surface area contributed by atoms with E-state index < -0.39 is 0 Å². The van der Waals surface area contributed by atoms with Gasteiger partial charge in [-0.25, -0.2) is 0 Å². The van der Waals surface area contributed by atoms with Crippen LogP contribution in [-0.4, -0.2) is 38.6 Å². The van der Waals surface area contributed by atoms with Gasteiger partial charge in [0.15, 0.2) is 0 Å². The molecule has 0 aliphatic rings. The van der Waals surface area contributed by atoms with E-state index in [0.717, 1.165) is 22.4 Å². The minimum atomic E-state index is -0.0385. The summed E-state index contributed by atoms with van der Waals surface area (Å²) >= 11 is 0. The number of rotatable bonds is 6. The van der Waals surface area contributed by atoms with Gasteiger partial charge >= 0.3 is 0 Å². The second-order valence-corrected chi connectivity index (χ2v) is 5.78. The standard InChI is InChI=1S/C19H24N2O2/c1-14-7-5-6-8-17(14)19(22)20-13-18(21(2)3)15-9-11-16(23-4)12-10-15/h5-12,18H,13H2,1-4H3,(H,20,22). The Balaban J connectivity index is 2.08. The van der Waals surface area contributed by atoms with E-state index >= 15 is 0 Å². The average Bonchev–Trinajstić information content (AvgIpc) is 2.55. The molecular weight excluding hydrogens is 288 g/mol. The quantitative estimate of drug-likeness (QED) is 0.891. The fourth-order valence-corrected chi connectivity index (χ4v) is 2.54. The summed E-state index contributed by atoms with van der Waals surface area (Å²) in [5.74, 6) is 0.790. The van der Waals surface area contributed by atoms with Crippen LogP contribution < -0.4 is 10.1 Å². The van der Waals surface area contributed by atoms with Gasteiger partial charge in [-0.05, 0) is 50.3 Å². The maximum Gasteiger partial charge on any atom is 0.251 e. The first-order valence-electron chi connectivity index (χ1n) is 7.67. The summed E-state index contributed by atoms with van der Waals surface area (Å²) in [7, 11) is 5.67. The number of nitrogens with one attached hydrogen (secondary N) is 1. The Morgan fingerprint density at radius 2 is 1.78 bits per heavy atom. The molecular formula is C19H24N2O2. The lowest BCUT2D eigenvalue weighted by molar-refractivity contribution is 0.0941. The first-order valence-corrected chi connectivity index (χ1v) is 7.67. The van der Waals surface area contributed by atoms with E-state index in [1.807, 2.05) is 69.6 Å². The molecule has 0 bridgehead atoms. The first kappa shape index (κ1) is 17.0. The average molecular weight is 312 g/mol. The second-order valence-electron chi connectivity index (χ2n) is 5.78. The molecule has 4 nitrogen and oxygen atoms in total. The van der Waals surface area contributed by atoms with Crippen LogP contribution in [0.25, 0.3) is 0 Å². The van der Waals surface area contributed by atoms with Gasteiger partial charge in [0.1, 0.15) is 5.75 Å². The number of nitrogens with zero attached hydrogens (tertiary/aromatic N) is 1. The monoisotopic (exact) mass is 312 g/mol. The number of hydrogen-bond acceptors (Lipinski definition) is 3. The zero-order valence-electron chi connectivity index (χ0n) is 14.2. The fourth-order valence-electron chi connectivity index (χ4n) is 2.54. The lowest BCUT2D eigenvalue weighted by atomic mass is 10.0. The Morgan fingerprint density at radius 1 is 1.13 bits per heavy atom. The number of likely N-dealkylation sites (N-methyl/N-ethyl adjacent to an activating group) is 1. The topological polar surface area (TPSA) is 41.6 Å². The van der Waals surface area contributed by atoms with Gasteiger partial charge in [0.2, 0.25) is 0 Å². The van der Waals surface area contributed by atoms with E-state index in [1.165, 1.54) is 0 Å². The number of aryl methyl sites for hydroxylation is 1. The molecule has 2 rings (SSSR count). The van der Waals surface area contributed by atoms with Crippen molar-refractivity contribution in [2.45, 2.75) is 13.0 Å². The van der Waals surface area contributed by atoms with Gasteiger partial charge in [0.05, 0.1) is 13.2 Å². The third kappa shape index (κ3) is 4.33. The predicted octanol–water partition coefficient (Wildman–Crippen LogP) is 3.04. The number of benzene rings is 2. The summed E-state index contributed by atoms with van der Waals surface area (Å²) in [5, 5.41) is 3.04. The largest absolute Gasteiger partial charge is 0.497 e. The molecule has 1 unspecified atom stereocenters. The number of carbonyl (C=O) groups is 1. The van der Waals surface area contributed by atoms with Crippen molar-refractivity contribution < 1.29 is 9.53 Å². The molecule has 1 amide bonds. The van der Waals surface area contributed by atoms with Crippen molar-refractivity contribution in [2.75, 3.05) is 27.7 Å². The van der Waals surface area contributed by atoms with Crippen molar-refractivity contribution >= 4 is 5.91 Å². The van der Waals surface area contributed by atoms with Gasteiger partial charge in [0.25, 0.3) is 5.91 Å². The summed E-state index contributed by atoms with van der Waals surface area (Å²) in [6.07, 6.45) is 0. The molecule has 0 aliphatic carbocycles. The molecule has 1 atom stereocenters. The highest BCUT2D eigenvalue weighted by Gasteiger charge is 2.16. The van der Waals surface area contributed by atoms with Crippen molar-refractivity contribution in [3.8, 4) is 5.75 Å². The molecule has 0 aliphatic heterocycles.